The van der Waals surface area contributed by atoms with E-state index in [1.54, 1.807) is 0 Å². The molecule has 29 heavy (non-hydrogen) atoms. The van der Waals surface area contributed by atoms with Crippen LogP contribution in [0, 0.1) is 0 Å². The molecular weight excluding hydrogens is 358 g/mol. The number of rotatable bonds is 2. The summed E-state index contributed by atoms with van der Waals surface area (Å²) in [6, 6.07) is 22.4. The summed E-state index contributed by atoms with van der Waals surface area (Å²) in [5, 5.41) is 0. The van der Waals surface area contributed by atoms with E-state index in [9.17, 15) is 0 Å². The van der Waals surface area contributed by atoms with Crippen LogP contribution in [0.25, 0.3) is 0 Å². The first kappa shape index (κ1) is 14.7. The second-order valence-corrected chi connectivity index (χ2v) is 7.76. The van der Waals surface area contributed by atoms with E-state index in [4.69, 9.17) is 4.11 Å². The topological polar surface area (TPSA) is 16.8 Å². The molecule has 5 heteroatoms. The van der Waals surface area contributed by atoms with E-state index in [1.165, 1.54) is 10.6 Å². The summed E-state index contributed by atoms with van der Waals surface area (Å²) in [6.45, 7) is 1.91. The van der Waals surface area contributed by atoms with Crippen molar-refractivity contribution in [2.75, 3.05) is 33.6 Å². The fourth-order valence-electron chi connectivity index (χ4n) is 4.61. The Labute approximate surface area is 177 Å². The third-order valence-corrected chi connectivity index (χ3v) is 6.28. The standard InChI is InChI=1S/C24H28N5/c1-17-25(3)19-11-6-8-13-21(19)28(17)23-15-10-16-24(27(23)5)29-18(2)26(4)20-12-7-9-14-22(20)29/h6-18H,1-5H3/q+1/t17-,18+/i3D3/m0/s1. The summed E-state index contributed by atoms with van der Waals surface area (Å²) in [4.78, 5) is 8.23. The molecule has 5 nitrogen and oxygen atoms in total. The van der Waals surface area contributed by atoms with Crippen molar-refractivity contribution < 1.29 is 8.68 Å². The van der Waals surface area contributed by atoms with Crippen molar-refractivity contribution in [3.05, 3.63) is 66.7 Å². The number of benzene rings is 2. The van der Waals surface area contributed by atoms with E-state index in [1.807, 2.05) is 44.3 Å². The van der Waals surface area contributed by atoms with Crippen LogP contribution in [0.15, 0.2) is 66.7 Å². The Kier molecular flexibility index (Phi) is 3.26. The van der Waals surface area contributed by atoms with Crippen molar-refractivity contribution in [1.82, 2.24) is 0 Å². The number of aromatic nitrogens is 1. The van der Waals surface area contributed by atoms with Crippen molar-refractivity contribution in [3.63, 3.8) is 0 Å². The van der Waals surface area contributed by atoms with Crippen LogP contribution in [-0.4, -0.2) is 26.4 Å². The minimum absolute atomic E-state index is 0.149. The maximum absolute atomic E-state index is 8.12. The molecule has 0 radical (unpaired) electrons. The number of hydrogen-bond acceptors (Lipinski definition) is 4. The normalized spacial score (nSPS) is 22.3. The number of hydrogen-bond donors (Lipinski definition) is 0. The monoisotopic (exact) mass is 389 g/mol. The summed E-state index contributed by atoms with van der Waals surface area (Å²) in [5.41, 5.74) is 3.98. The predicted octanol–water partition coefficient (Wildman–Crippen LogP) is 4.38. The highest BCUT2D eigenvalue weighted by atomic mass is 15.5. The molecule has 3 aromatic rings. The minimum atomic E-state index is -2.23. The lowest BCUT2D eigenvalue weighted by atomic mass is 10.2. The van der Waals surface area contributed by atoms with Crippen molar-refractivity contribution in [1.29, 1.82) is 0 Å². The van der Waals surface area contributed by atoms with E-state index in [0.717, 1.165) is 28.7 Å². The highest BCUT2D eigenvalue weighted by molar-refractivity contribution is 5.83. The Balaban J connectivity index is 1.65. The highest BCUT2D eigenvalue weighted by Gasteiger charge is 2.40. The molecule has 5 rings (SSSR count). The molecule has 0 aliphatic carbocycles. The molecule has 0 bridgehead atoms. The zero-order valence-corrected chi connectivity index (χ0v) is 17.2. The summed E-state index contributed by atoms with van der Waals surface area (Å²) in [6.07, 6.45) is -0.205. The first-order valence-corrected chi connectivity index (χ1v) is 9.99. The Morgan fingerprint density at radius 1 is 0.690 bits per heavy atom. The van der Waals surface area contributed by atoms with Crippen LogP contribution in [0.5, 0.6) is 0 Å². The smallest absolute Gasteiger partial charge is 0.230 e. The van der Waals surface area contributed by atoms with Gasteiger partial charge in [-0.3, -0.25) is 0 Å². The maximum atomic E-state index is 8.12. The largest absolute Gasteiger partial charge is 0.339 e. The Morgan fingerprint density at radius 2 is 1.14 bits per heavy atom. The van der Waals surface area contributed by atoms with Gasteiger partial charge in [0.1, 0.15) is 11.4 Å². The van der Waals surface area contributed by atoms with Gasteiger partial charge < -0.3 is 9.80 Å². The average Bonchev–Trinajstić information content (AvgIpc) is 3.19. The Morgan fingerprint density at radius 3 is 1.66 bits per heavy atom. The van der Waals surface area contributed by atoms with Gasteiger partial charge in [0.25, 0.3) is 0 Å². The molecule has 1 aromatic heterocycles. The quantitative estimate of drug-likeness (QED) is 0.605. The van der Waals surface area contributed by atoms with Gasteiger partial charge in [-0.15, -0.1) is 0 Å². The first-order chi connectivity index (χ1) is 15.2. The molecule has 2 aromatic carbocycles. The lowest BCUT2D eigenvalue weighted by Crippen LogP contribution is -2.48. The first-order valence-electron chi connectivity index (χ1n) is 11.5. The summed E-state index contributed by atoms with van der Waals surface area (Å²) >= 11 is 0. The van der Waals surface area contributed by atoms with E-state index in [0.29, 0.717) is 0 Å². The van der Waals surface area contributed by atoms with Crippen LogP contribution in [0.2, 0.25) is 0 Å². The van der Waals surface area contributed by atoms with Crippen molar-refractivity contribution in [2.45, 2.75) is 26.2 Å². The summed E-state index contributed by atoms with van der Waals surface area (Å²) in [7, 11) is 4.16. The van der Waals surface area contributed by atoms with Crippen LogP contribution in [0.1, 0.15) is 18.0 Å². The SMILES string of the molecule is [2H]C([2H])([2H])N1c2ccccc2N(c2cccc(N3c4ccccc4N(C)[C@H]3C)[n+]2C)[C@H]1C. The molecule has 0 saturated carbocycles. The van der Waals surface area contributed by atoms with Gasteiger partial charge in [-0.2, -0.15) is 0 Å². The van der Waals surface area contributed by atoms with E-state index in [-0.39, 0.29) is 12.3 Å². The lowest BCUT2D eigenvalue weighted by Gasteiger charge is -2.27. The molecule has 0 N–H and O–H groups in total. The molecular formula is C24H28N5+. The van der Waals surface area contributed by atoms with Crippen molar-refractivity contribution in [3.8, 4) is 0 Å². The molecule has 0 fully saturated rings. The van der Waals surface area contributed by atoms with Crippen LogP contribution >= 0.6 is 0 Å². The van der Waals surface area contributed by atoms with Gasteiger partial charge in [0.05, 0.1) is 18.4 Å². The zero-order chi connectivity index (χ0) is 22.8. The molecule has 2 aliphatic rings. The van der Waals surface area contributed by atoms with Gasteiger partial charge in [-0.25, -0.2) is 14.4 Å². The Bertz CT molecular complexity index is 1180. The summed E-state index contributed by atoms with van der Waals surface area (Å²) in [5.74, 6) is 1.98. The molecule has 2 atom stereocenters. The van der Waals surface area contributed by atoms with Crippen LogP contribution in [0.4, 0.5) is 34.4 Å². The van der Waals surface area contributed by atoms with E-state index in [2.05, 4.69) is 69.6 Å². The third kappa shape index (κ3) is 2.43. The number of para-hydroxylation sites is 4. The number of nitrogens with zero attached hydrogens (tertiary/aromatic N) is 5. The van der Waals surface area contributed by atoms with Gasteiger partial charge in [0.15, 0.2) is 12.3 Å². The fraction of sp³-hybridized carbons (Fsp3) is 0.292. The predicted molar refractivity (Wildman–Crippen MR) is 121 cm³/mol. The van der Waals surface area contributed by atoms with Gasteiger partial charge in [0.2, 0.25) is 11.6 Å². The van der Waals surface area contributed by atoms with Crippen LogP contribution in [0.3, 0.4) is 0 Å². The van der Waals surface area contributed by atoms with Crippen LogP contribution in [-0.2, 0) is 7.05 Å². The lowest BCUT2D eigenvalue weighted by molar-refractivity contribution is -0.645. The fourth-order valence-corrected chi connectivity index (χ4v) is 4.61. The van der Waals surface area contributed by atoms with Gasteiger partial charge in [0, 0.05) is 30.3 Å². The third-order valence-electron chi connectivity index (χ3n) is 6.28. The second-order valence-electron chi connectivity index (χ2n) is 7.76. The number of fused-ring (bicyclic) bond motifs is 2. The van der Waals surface area contributed by atoms with Gasteiger partial charge >= 0.3 is 0 Å². The number of anilines is 6. The average molecular weight is 390 g/mol. The van der Waals surface area contributed by atoms with Crippen molar-refractivity contribution in [2.24, 2.45) is 7.05 Å². The summed E-state index contributed by atoms with van der Waals surface area (Å²) < 4.78 is 26.5. The molecule has 3 heterocycles. The molecule has 148 valence electrons. The second kappa shape index (κ2) is 6.41. The minimum Gasteiger partial charge on any atom is -0.339 e. The maximum Gasteiger partial charge on any atom is 0.230 e. The molecule has 2 aliphatic heterocycles. The Hall–Kier alpha value is -3.21. The van der Waals surface area contributed by atoms with Gasteiger partial charge in [-0.05, 0) is 44.2 Å². The molecule has 0 unspecified atom stereocenters. The van der Waals surface area contributed by atoms with Crippen LogP contribution < -0.4 is 24.2 Å². The molecule has 0 spiro atoms. The molecule has 0 saturated heterocycles. The number of pyridine rings is 1. The van der Waals surface area contributed by atoms with Gasteiger partial charge in [-0.1, -0.05) is 24.3 Å². The van der Waals surface area contributed by atoms with E-state index < -0.39 is 6.98 Å². The van der Waals surface area contributed by atoms with Crippen molar-refractivity contribution >= 4 is 34.4 Å². The zero-order valence-electron chi connectivity index (χ0n) is 20.2. The molecule has 0 amide bonds. The highest BCUT2D eigenvalue weighted by Crippen LogP contribution is 2.44. The van der Waals surface area contributed by atoms with E-state index >= 15 is 0 Å².